The molecule has 0 amide bonds. The van der Waals surface area contributed by atoms with Gasteiger partial charge in [-0.15, -0.1) is 0 Å². The Labute approximate surface area is 91.7 Å². The highest BCUT2D eigenvalue weighted by Crippen LogP contribution is 2.25. The minimum absolute atomic E-state index is 0.0503. The zero-order valence-corrected chi connectivity index (χ0v) is 9.12. The van der Waals surface area contributed by atoms with Crippen LogP contribution in [0.1, 0.15) is 10.5 Å². The van der Waals surface area contributed by atoms with Gasteiger partial charge in [-0.3, -0.25) is 0 Å². The number of nitrogens with zero attached hydrogens (tertiary/aromatic N) is 3. The van der Waals surface area contributed by atoms with Crippen molar-refractivity contribution < 1.29 is 14.3 Å². The number of hydrogen-bond donors (Lipinski definition) is 1. The molecular weight excluding hydrogens is 269 g/mol. The number of carboxylic acid groups (broad SMARTS) is 1. The summed E-state index contributed by atoms with van der Waals surface area (Å²) in [5.41, 5.74) is -0.105. The second kappa shape index (κ2) is 3.27. The van der Waals surface area contributed by atoms with E-state index in [4.69, 9.17) is 5.11 Å². The lowest BCUT2D eigenvalue weighted by Gasteiger charge is -2.01. The van der Waals surface area contributed by atoms with E-state index in [1.165, 1.54) is 10.9 Å². The molecule has 78 valence electrons. The Kier molecular flexibility index (Phi) is 2.18. The molecule has 2 rings (SSSR count). The summed E-state index contributed by atoms with van der Waals surface area (Å²) in [5, 5.41) is 8.79. The second-order valence-corrected chi connectivity index (χ2v) is 3.71. The fourth-order valence-corrected chi connectivity index (χ4v) is 1.66. The number of rotatable bonds is 1. The minimum Gasteiger partial charge on any atom is -0.476 e. The van der Waals surface area contributed by atoms with Gasteiger partial charge in [0, 0.05) is 7.05 Å². The van der Waals surface area contributed by atoms with E-state index in [1.807, 2.05) is 0 Å². The summed E-state index contributed by atoms with van der Waals surface area (Å²) in [6.07, 6.45) is 1.37. The van der Waals surface area contributed by atoms with Crippen LogP contribution in [0.15, 0.2) is 10.8 Å². The smallest absolute Gasteiger partial charge is 0.355 e. The zero-order chi connectivity index (χ0) is 11.2. The molecule has 5 nitrogen and oxygen atoms in total. The molecule has 0 saturated heterocycles. The van der Waals surface area contributed by atoms with Crippen LogP contribution >= 0.6 is 15.9 Å². The summed E-state index contributed by atoms with van der Waals surface area (Å²) in [7, 11) is 1.61. The standard InChI is InChI=1S/C8H5BrFN3O2/c1-13-2-11-6-4(10)3(9)5(8(14)15)12-7(6)13/h2H,1H3,(H,14,15). The van der Waals surface area contributed by atoms with Crippen molar-refractivity contribution in [3.05, 3.63) is 22.3 Å². The average molecular weight is 274 g/mol. The highest BCUT2D eigenvalue weighted by Gasteiger charge is 2.20. The lowest BCUT2D eigenvalue weighted by molar-refractivity contribution is 0.0689. The number of pyridine rings is 1. The molecule has 0 aliphatic heterocycles. The number of fused-ring (bicyclic) bond motifs is 1. The molecule has 2 heterocycles. The van der Waals surface area contributed by atoms with Gasteiger partial charge in [0.05, 0.1) is 10.8 Å². The summed E-state index contributed by atoms with van der Waals surface area (Å²) < 4.78 is 14.9. The van der Waals surface area contributed by atoms with Crippen LogP contribution in [0.25, 0.3) is 11.2 Å². The van der Waals surface area contributed by atoms with Crippen molar-refractivity contribution in [2.45, 2.75) is 0 Å². The topological polar surface area (TPSA) is 68.0 Å². The molecule has 0 spiro atoms. The molecule has 15 heavy (non-hydrogen) atoms. The Morgan fingerprint density at radius 3 is 2.93 bits per heavy atom. The van der Waals surface area contributed by atoms with Gasteiger partial charge < -0.3 is 9.67 Å². The van der Waals surface area contributed by atoms with Crippen LogP contribution in [0, 0.1) is 5.82 Å². The number of aromatic nitrogens is 3. The predicted octanol–water partition coefficient (Wildman–Crippen LogP) is 1.57. The summed E-state index contributed by atoms with van der Waals surface area (Å²) >= 11 is 2.84. The van der Waals surface area contributed by atoms with Gasteiger partial charge in [0.15, 0.2) is 17.2 Å². The van der Waals surface area contributed by atoms with Crippen molar-refractivity contribution in [2.24, 2.45) is 7.05 Å². The molecule has 0 unspecified atom stereocenters. The Morgan fingerprint density at radius 2 is 2.33 bits per heavy atom. The highest BCUT2D eigenvalue weighted by molar-refractivity contribution is 9.10. The molecule has 0 aromatic carbocycles. The molecule has 0 saturated carbocycles. The summed E-state index contributed by atoms with van der Waals surface area (Å²) in [6, 6.07) is 0. The number of carboxylic acids is 1. The third kappa shape index (κ3) is 1.39. The molecule has 0 radical (unpaired) electrons. The van der Waals surface area contributed by atoms with Gasteiger partial charge in [0.25, 0.3) is 0 Å². The van der Waals surface area contributed by atoms with Crippen LogP contribution in [0.2, 0.25) is 0 Å². The van der Waals surface area contributed by atoms with Crippen LogP contribution in [0.4, 0.5) is 4.39 Å². The van der Waals surface area contributed by atoms with Crippen LogP contribution in [0.5, 0.6) is 0 Å². The fraction of sp³-hybridized carbons (Fsp3) is 0.125. The molecule has 0 aliphatic carbocycles. The minimum atomic E-state index is -1.29. The first kappa shape index (κ1) is 10.0. The maximum atomic E-state index is 13.6. The van der Waals surface area contributed by atoms with Crippen LogP contribution in [-0.4, -0.2) is 25.6 Å². The van der Waals surface area contributed by atoms with Crippen molar-refractivity contribution in [3.63, 3.8) is 0 Å². The largest absolute Gasteiger partial charge is 0.476 e. The summed E-state index contributed by atoms with van der Waals surface area (Å²) in [6.45, 7) is 0. The Hall–Kier alpha value is -1.50. The van der Waals surface area contributed by atoms with E-state index in [2.05, 4.69) is 25.9 Å². The van der Waals surface area contributed by atoms with Crippen molar-refractivity contribution >= 4 is 33.1 Å². The lowest BCUT2D eigenvalue weighted by Crippen LogP contribution is -2.05. The molecule has 2 aromatic heterocycles. The van der Waals surface area contributed by atoms with Crippen molar-refractivity contribution in [3.8, 4) is 0 Å². The van der Waals surface area contributed by atoms with E-state index >= 15 is 0 Å². The Morgan fingerprint density at radius 1 is 1.67 bits per heavy atom. The zero-order valence-electron chi connectivity index (χ0n) is 7.53. The van der Waals surface area contributed by atoms with Crippen LogP contribution in [-0.2, 0) is 7.05 Å². The van der Waals surface area contributed by atoms with Crippen LogP contribution in [0.3, 0.4) is 0 Å². The van der Waals surface area contributed by atoms with Gasteiger partial charge in [-0.25, -0.2) is 19.2 Å². The number of halogens is 2. The van der Waals surface area contributed by atoms with Crippen molar-refractivity contribution in [2.75, 3.05) is 0 Å². The molecular formula is C8H5BrFN3O2. The SMILES string of the molecule is Cn1cnc2c(F)c(Br)c(C(=O)O)nc21. The third-order valence-corrected chi connectivity index (χ3v) is 2.66. The quantitative estimate of drug-likeness (QED) is 0.857. The van der Waals surface area contributed by atoms with Gasteiger partial charge in [-0.05, 0) is 15.9 Å². The number of aromatic carboxylic acids is 1. The summed E-state index contributed by atoms with van der Waals surface area (Å²) in [4.78, 5) is 18.4. The first-order chi connectivity index (χ1) is 7.02. The van der Waals surface area contributed by atoms with Crippen molar-refractivity contribution in [1.82, 2.24) is 14.5 Å². The average Bonchev–Trinajstić information content (AvgIpc) is 2.53. The molecule has 0 bridgehead atoms. The van der Waals surface area contributed by atoms with Gasteiger partial charge >= 0.3 is 5.97 Å². The van der Waals surface area contributed by atoms with Crippen LogP contribution < -0.4 is 0 Å². The monoisotopic (exact) mass is 273 g/mol. The number of aryl methyl sites for hydroxylation is 1. The van der Waals surface area contributed by atoms with Gasteiger partial charge in [0.2, 0.25) is 0 Å². The van der Waals surface area contributed by atoms with E-state index in [-0.39, 0.29) is 21.3 Å². The molecule has 0 fully saturated rings. The van der Waals surface area contributed by atoms with E-state index in [0.717, 1.165) is 0 Å². The van der Waals surface area contributed by atoms with Crippen molar-refractivity contribution in [1.29, 1.82) is 0 Å². The normalized spacial score (nSPS) is 10.9. The number of carbonyl (C=O) groups is 1. The molecule has 7 heteroatoms. The molecule has 2 aromatic rings. The second-order valence-electron chi connectivity index (χ2n) is 2.92. The third-order valence-electron chi connectivity index (χ3n) is 1.93. The van der Waals surface area contributed by atoms with E-state index in [1.54, 1.807) is 7.05 Å². The highest BCUT2D eigenvalue weighted by atomic mass is 79.9. The van der Waals surface area contributed by atoms with E-state index in [0.29, 0.717) is 0 Å². The Balaban J connectivity index is 2.91. The number of hydrogen-bond acceptors (Lipinski definition) is 3. The molecule has 0 aliphatic rings. The van der Waals surface area contributed by atoms with Gasteiger partial charge in [-0.1, -0.05) is 0 Å². The molecule has 0 atom stereocenters. The maximum Gasteiger partial charge on any atom is 0.355 e. The molecule has 1 N–H and O–H groups in total. The first-order valence-corrected chi connectivity index (χ1v) is 4.71. The summed E-state index contributed by atoms with van der Waals surface area (Å²) in [5.74, 6) is -2.00. The predicted molar refractivity (Wildman–Crippen MR) is 53.1 cm³/mol. The maximum absolute atomic E-state index is 13.6. The van der Waals surface area contributed by atoms with E-state index < -0.39 is 11.8 Å². The van der Waals surface area contributed by atoms with Gasteiger partial charge in [0.1, 0.15) is 5.52 Å². The lowest BCUT2D eigenvalue weighted by atomic mass is 10.3. The van der Waals surface area contributed by atoms with Gasteiger partial charge in [-0.2, -0.15) is 0 Å². The van der Waals surface area contributed by atoms with E-state index in [9.17, 15) is 9.18 Å². The first-order valence-electron chi connectivity index (χ1n) is 3.91. The Bertz CT molecular complexity index is 567. The number of imidazole rings is 1. The fourth-order valence-electron chi connectivity index (χ4n) is 1.22.